The van der Waals surface area contributed by atoms with Gasteiger partial charge in [-0.3, -0.25) is 9.69 Å². The summed E-state index contributed by atoms with van der Waals surface area (Å²) >= 11 is 5.90. The predicted molar refractivity (Wildman–Crippen MR) is 99.1 cm³/mol. The summed E-state index contributed by atoms with van der Waals surface area (Å²) in [5, 5.41) is 10.5. The Morgan fingerprint density at radius 2 is 2.00 bits per heavy atom. The van der Waals surface area contributed by atoms with Gasteiger partial charge in [-0.1, -0.05) is 29.8 Å². The largest absolute Gasteiger partial charge is 0.493 e. The van der Waals surface area contributed by atoms with Crippen molar-refractivity contribution in [2.75, 3.05) is 37.7 Å². The van der Waals surface area contributed by atoms with Gasteiger partial charge in [0.2, 0.25) is 0 Å². The molecule has 0 amide bonds. The molecule has 1 atom stereocenters. The first kappa shape index (κ1) is 17.1. The Balaban J connectivity index is 1.52. The first-order valence-electron chi connectivity index (χ1n) is 8.71. The van der Waals surface area contributed by atoms with Crippen LogP contribution in [0.2, 0.25) is 5.02 Å². The molecule has 1 saturated heterocycles. The second-order valence-corrected chi connectivity index (χ2v) is 6.97. The van der Waals surface area contributed by atoms with Crippen LogP contribution in [-0.4, -0.2) is 53.7 Å². The van der Waals surface area contributed by atoms with Gasteiger partial charge in [0.15, 0.2) is 0 Å². The van der Waals surface area contributed by atoms with Gasteiger partial charge in [0.05, 0.1) is 11.6 Å². The number of benzene rings is 1. The molecule has 1 aromatic carbocycles. The zero-order chi connectivity index (χ0) is 18.1. The third-order valence-corrected chi connectivity index (χ3v) is 5.21. The fourth-order valence-electron chi connectivity index (χ4n) is 3.71. The molecule has 0 unspecified atom stereocenters. The average Bonchev–Trinajstić information content (AvgIpc) is 3.13. The summed E-state index contributed by atoms with van der Waals surface area (Å²) in [5.74, 6) is 0.776. The molecule has 136 valence electrons. The number of halogens is 1. The fourth-order valence-corrected chi connectivity index (χ4v) is 3.82. The third kappa shape index (κ3) is 3.22. The van der Waals surface area contributed by atoms with Crippen LogP contribution in [-0.2, 0) is 11.2 Å². The maximum Gasteiger partial charge on any atom is 0.325 e. The Bertz CT molecular complexity index is 804. The van der Waals surface area contributed by atoms with E-state index in [1.54, 1.807) is 6.20 Å². The van der Waals surface area contributed by atoms with Gasteiger partial charge in [0, 0.05) is 44.4 Å². The van der Waals surface area contributed by atoms with Gasteiger partial charge in [-0.2, -0.15) is 0 Å². The molecule has 3 heterocycles. The van der Waals surface area contributed by atoms with Crippen molar-refractivity contribution in [3.8, 4) is 5.75 Å². The van der Waals surface area contributed by atoms with E-state index >= 15 is 0 Å². The number of rotatable bonds is 4. The Hall–Kier alpha value is -2.31. The summed E-state index contributed by atoms with van der Waals surface area (Å²) in [7, 11) is 0. The van der Waals surface area contributed by atoms with E-state index in [2.05, 4.69) is 9.88 Å². The molecular weight excluding hydrogens is 354 g/mol. The minimum Gasteiger partial charge on any atom is -0.493 e. The molecule has 2 aromatic rings. The zero-order valence-corrected chi connectivity index (χ0v) is 15.0. The number of anilines is 1. The predicted octanol–water partition coefficient (Wildman–Crippen LogP) is 2.62. The molecule has 7 heteroatoms. The molecule has 2 aliphatic heterocycles. The van der Waals surface area contributed by atoms with Crippen LogP contribution in [0.1, 0.15) is 17.2 Å². The molecule has 4 rings (SSSR count). The highest BCUT2D eigenvalue weighted by Gasteiger charge is 2.34. The van der Waals surface area contributed by atoms with Crippen molar-refractivity contribution in [2.45, 2.75) is 12.5 Å². The van der Waals surface area contributed by atoms with Crippen LogP contribution in [0.25, 0.3) is 0 Å². The first-order chi connectivity index (χ1) is 12.6. The molecule has 0 aliphatic carbocycles. The normalized spacial score (nSPS) is 18.3. The molecule has 1 N–H and O–H groups in total. The quantitative estimate of drug-likeness (QED) is 0.888. The van der Waals surface area contributed by atoms with Gasteiger partial charge >= 0.3 is 5.97 Å². The smallest absolute Gasteiger partial charge is 0.325 e. The van der Waals surface area contributed by atoms with Crippen LogP contribution < -0.4 is 9.64 Å². The number of para-hydroxylation sites is 1. The Kier molecular flexibility index (Phi) is 4.70. The van der Waals surface area contributed by atoms with E-state index in [-0.39, 0.29) is 0 Å². The molecule has 26 heavy (non-hydrogen) atoms. The van der Waals surface area contributed by atoms with E-state index in [9.17, 15) is 9.90 Å². The van der Waals surface area contributed by atoms with Gasteiger partial charge in [-0.05, 0) is 17.7 Å². The van der Waals surface area contributed by atoms with E-state index in [0.29, 0.717) is 37.8 Å². The number of hydrogen-bond donors (Lipinski definition) is 1. The van der Waals surface area contributed by atoms with Gasteiger partial charge in [0.1, 0.15) is 17.6 Å². The lowest BCUT2D eigenvalue weighted by molar-refractivity contribution is -0.143. The number of aromatic nitrogens is 1. The molecule has 0 radical (unpaired) electrons. The second kappa shape index (κ2) is 7.13. The van der Waals surface area contributed by atoms with E-state index in [4.69, 9.17) is 16.3 Å². The molecule has 2 aliphatic rings. The lowest BCUT2D eigenvalue weighted by Crippen LogP contribution is -2.49. The number of carboxylic acid groups (broad SMARTS) is 1. The lowest BCUT2D eigenvalue weighted by Gasteiger charge is -2.38. The zero-order valence-electron chi connectivity index (χ0n) is 14.3. The van der Waals surface area contributed by atoms with Gasteiger partial charge in [0.25, 0.3) is 0 Å². The lowest BCUT2D eigenvalue weighted by atomic mass is 10.00. The highest BCUT2D eigenvalue weighted by Crippen LogP contribution is 2.36. The van der Waals surface area contributed by atoms with Crippen molar-refractivity contribution in [2.24, 2.45) is 0 Å². The summed E-state index contributed by atoms with van der Waals surface area (Å²) in [6.45, 7) is 3.34. The third-order valence-electron chi connectivity index (χ3n) is 4.99. The summed E-state index contributed by atoms with van der Waals surface area (Å²) in [6, 6.07) is 8.83. The number of hydrogen-bond acceptors (Lipinski definition) is 5. The van der Waals surface area contributed by atoms with Gasteiger partial charge in [-0.25, -0.2) is 4.98 Å². The number of piperazine rings is 1. The van der Waals surface area contributed by atoms with Crippen LogP contribution in [0.3, 0.4) is 0 Å². The molecule has 1 fully saturated rings. The topological polar surface area (TPSA) is 65.9 Å². The average molecular weight is 374 g/mol. The molecular formula is C19H20ClN3O3. The standard InChI is InChI=1S/C19H20ClN3O3/c20-14-4-5-16(21-12-14)22-7-9-23(10-8-22)17(19(24)25)15-3-1-2-13-6-11-26-18(13)15/h1-5,12,17H,6-11H2,(H,24,25)/t17-/m1/s1. The molecule has 0 spiro atoms. The number of pyridine rings is 1. The maximum absolute atomic E-state index is 12.1. The number of ether oxygens (including phenoxy) is 1. The van der Waals surface area contributed by atoms with E-state index in [1.807, 2.05) is 35.2 Å². The van der Waals surface area contributed by atoms with Crippen molar-refractivity contribution < 1.29 is 14.6 Å². The van der Waals surface area contributed by atoms with Gasteiger partial charge in [-0.15, -0.1) is 0 Å². The van der Waals surface area contributed by atoms with Crippen molar-refractivity contribution in [1.82, 2.24) is 9.88 Å². The maximum atomic E-state index is 12.1. The van der Waals surface area contributed by atoms with E-state index in [0.717, 1.165) is 29.1 Å². The minimum atomic E-state index is -0.841. The van der Waals surface area contributed by atoms with Crippen LogP contribution >= 0.6 is 11.6 Å². The van der Waals surface area contributed by atoms with Crippen molar-refractivity contribution in [1.29, 1.82) is 0 Å². The van der Waals surface area contributed by atoms with Crippen LogP contribution in [0.15, 0.2) is 36.5 Å². The first-order valence-corrected chi connectivity index (χ1v) is 9.09. The van der Waals surface area contributed by atoms with Crippen molar-refractivity contribution in [3.63, 3.8) is 0 Å². The van der Waals surface area contributed by atoms with E-state index in [1.165, 1.54) is 0 Å². The van der Waals surface area contributed by atoms with Crippen LogP contribution in [0.4, 0.5) is 5.82 Å². The summed E-state index contributed by atoms with van der Waals surface area (Å²) in [4.78, 5) is 20.6. The summed E-state index contributed by atoms with van der Waals surface area (Å²) < 4.78 is 5.73. The second-order valence-electron chi connectivity index (χ2n) is 6.53. The van der Waals surface area contributed by atoms with Crippen molar-refractivity contribution >= 4 is 23.4 Å². The monoisotopic (exact) mass is 373 g/mol. The molecule has 0 bridgehead atoms. The summed E-state index contributed by atoms with van der Waals surface area (Å²) in [5.41, 5.74) is 1.85. The Labute approximate surface area is 157 Å². The minimum absolute atomic E-state index is 0.608. The number of fused-ring (bicyclic) bond motifs is 1. The fraction of sp³-hybridized carbons (Fsp3) is 0.368. The van der Waals surface area contributed by atoms with Gasteiger partial charge < -0.3 is 14.7 Å². The van der Waals surface area contributed by atoms with E-state index < -0.39 is 12.0 Å². The number of nitrogens with zero attached hydrogens (tertiary/aromatic N) is 3. The highest BCUT2D eigenvalue weighted by molar-refractivity contribution is 6.30. The molecule has 1 aromatic heterocycles. The Morgan fingerprint density at radius 3 is 2.69 bits per heavy atom. The van der Waals surface area contributed by atoms with Crippen molar-refractivity contribution in [3.05, 3.63) is 52.7 Å². The summed E-state index contributed by atoms with van der Waals surface area (Å²) in [6.07, 6.45) is 2.47. The molecule has 6 nitrogen and oxygen atoms in total. The SMILES string of the molecule is O=C(O)[C@@H](c1cccc2c1OCC2)N1CCN(c2ccc(Cl)cn2)CC1. The highest BCUT2D eigenvalue weighted by atomic mass is 35.5. The Morgan fingerprint density at radius 1 is 1.19 bits per heavy atom. The molecule has 0 saturated carbocycles. The number of carboxylic acids is 1. The number of aliphatic carboxylic acids is 1. The van der Waals surface area contributed by atoms with Crippen LogP contribution in [0, 0.1) is 0 Å². The number of carbonyl (C=O) groups is 1. The van der Waals surface area contributed by atoms with Crippen LogP contribution in [0.5, 0.6) is 5.75 Å².